The Bertz CT molecular complexity index is 172. The van der Waals surface area contributed by atoms with E-state index in [2.05, 4.69) is 11.8 Å². The zero-order chi connectivity index (χ0) is 8.16. The Morgan fingerprint density at radius 1 is 1.64 bits per heavy atom. The third-order valence-corrected chi connectivity index (χ3v) is 3.21. The molecule has 1 atom stereocenters. The van der Waals surface area contributed by atoms with Gasteiger partial charge in [-0.15, -0.1) is 11.8 Å². The van der Waals surface area contributed by atoms with Crippen LogP contribution in [0.25, 0.3) is 0 Å². The second-order valence-corrected chi connectivity index (χ2v) is 4.06. The molecular weight excluding hydrogens is 156 g/mol. The fourth-order valence-corrected chi connectivity index (χ4v) is 2.55. The van der Waals surface area contributed by atoms with Crippen LogP contribution in [0, 0.1) is 11.8 Å². The van der Waals surface area contributed by atoms with Gasteiger partial charge in [0.25, 0.3) is 0 Å². The lowest BCUT2D eigenvalue weighted by Gasteiger charge is -2.19. The fourth-order valence-electron chi connectivity index (χ4n) is 1.21. The molecule has 1 rings (SSSR count). The summed E-state index contributed by atoms with van der Waals surface area (Å²) in [5.74, 6) is 7.83. The Labute approximate surface area is 72.6 Å². The van der Waals surface area contributed by atoms with E-state index in [9.17, 15) is 5.11 Å². The molecule has 0 spiro atoms. The van der Waals surface area contributed by atoms with Gasteiger partial charge in [-0.25, -0.2) is 0 Å². The average molecular weight is 170 g/mol. The molecule has 0 aromatic rings. The largest absolute Gasteiger partial charge is 0.389 e. The lowest BCUT2D eigenvalue weighted by Crippen LogP contribution is -2.27. The second-order valence-electron chi connectivity index (χ2n) is 2.95. The fraction of sp³-hybridized carbons (Fsp3) is 0.778. The number of thioether (sulfide) groups is 1. The van der Waals surface area contributed by atoms with Crippen LogP contribution in [0.1, 0.15) is 26.2 Å². The van der Waals surface area contributed by atoms with E-state index in [-0.39, 0.29) is 0 Å². The van der Waals surface area contributed by atoms with Gasteiger partial charge in [-0.3, -0.25) is 0 Å². The van der Waals surface area contributed by atoms with Gasteiger partial charge in [-0.2, -0.15) is 11.8 Å². The minimum atomic E-state index is -0.394. The molecule has 0 bridgehead atoms. The smallest absolute Gasteiger partial charge is 0.0754 e. The molecule has 1 unspecified atom stereocenters. The number of aliphatic hydroxyl groups is 1. The molecule has 1 aliphatic heterocycles. The van der Waals surface area contributed by atoms with Crippen LogP contribution in [0.5, 0.6) is 0 Å². The number of rotatable bonds is 2. The van der Waals surface area contributed by atoms with Crippen LogP contribution in [0.3, 0.4) is 0 Å². The average Bonchev–Trinajstić information content (AvgIpc) is 2.38. The molecular formula is C9H14OS. The van der Waals surface area contributed by atoms with Gasteiger partial charge in [0.05, 0.1) is 5.60 Å². The molecule has 62 valence electrons. The van der Waals surface area contributed by atoms with Gasteiger partial charge in [0.15, 0.2) is 0 Å². The van der Waals surface area contributed by atoms with Gasteiger partial charge in [0.2, 0.25) is 0 Å². The maximum Gasteiger partial charge on any atom is 0.0754 e. The summed E-state index contributed by atoms with van der Waals surface area (Å²) in [7, 11) is 0. The van der Waals surface area contributed by atoms with Crippen molar-refractivity contribution in [2.75, 3.05) is 11.5 Å². The predicted molar refractivity (Wildman–Crippen MR) is 49.6 cm³/mol. The van der Waals surface area contributed by atoms with Crippen LogP contribution in [0.15, 0.2) is 0 Å². The maximum atomic E-state index is 9.83. The van der Waals surface area contributed by atoms with Crippen molar-refractivity contribution in [3.63, 3.8) is 0 Å². The number of hydrogen-bond donors (Lipinski definition) is 1. The highest BCUT2D eigenvalue weighted by atomic mass is 32.2. The predicted octanol–water partition coefficient (Wildman–Crippen LogP) is 1.66. The Balaban J connectivity index is 2.26. The summed E-state index contributed by atoms with van der Waals surface area (Å²) >= 11 is 1.84. The first-order valence-corrected chi connectivity index (χ1v) is 5.12. The summed E-state index contributed by atoms with van der Waals surface area (Å²) in [4.78, 5) is 0. The highest BCUT2D eigenvalue weighted by Crippen LogP contribution is 2.31. The standard InChI is InChI=1S/C9H14OS/c1-2-3-4-5-9(10)6-7-11-8-9/h10H,4-8H2,1H3. The Kier molecular flexibility index (Phi) is 3.29. The van der Waals surface area contributed by atoms with Gasteiger partial charge in [-0.1, -0.05) is 0 Å². The van der Waals surface area contributed by atoms with Crippen LogP contribution < -0.4 is 0 Å². The monoisotopic (exact) mass is 170 g/mol. The maximum absolute atomic E-state index is 9.83. The van der Waals surface area contributed by atoms with E-state index in [1.54, 1.807) is 0 Å². The summed E-state index contributed by atoms with van der Waals surface area (Å²) in [6.07, 6.45) is 2.64. The molecule has 2 heteroatoms. The summed E-state index contributed by atoms with van der Waals surface area (Å²) < 4.78 is 0. The molecule has 1 aliphatic rings. The molecule has 0 radical (unpaired) electrons. The van der Waals surface area contributed by atoms with Crippen molar-refractivity contribution in [1.29, 1.82) is 0 Å². The quantitative estimate of drug-likeness (QED) is 0.636. The molecule has 0 aliphatic carbocycles. The van der Waals surface area contributed by atoms with Crippen molar-refractivity contribution in [3.05, 3.63) is 0 Å². The van der Waals surface area contributed by atoms with Crippen LogP contribution in [-0.4, -0.2) is 22.2 Å². The van der Waals surface area contributed by atoms with Crippen molar-refractivity contribution in [2.45, 2.75) is 31.8 Å². The summed E-state index contributed by atoms with van der Waals surface area (Å²) in [5, 5.41) is 9.83. The Hall–Kier alpha value is -0.130. The molecule has 0 aromatic carbocycles. The van der Waals surface area contributed by atoms with Crippen molar-refractivity contribution >= 4 is 11.8 Å². The molecule has 0 amide bonds. The summed E-state index contributed by atoms with van der Waals surface area (Å²) in [6, 6.07) is 0. The Morgan fingerprint density at radius 3 is 3.00 bits per heavy atom. The lowest BCUT2D eigenvalue weighted by molar-refractivity contribution is 0.0606. The zero-order valence-corrected chi connectivity index (χ0v) is 7.71. The van der Waals surface area contributed by atoms with E-state index in [4.69, 9.17) is 0 Å². The SMILES string of the molecule is CC#CCCC1(O)CCSC1. The van der Waals surface area contributed by atoms with Gasteiger partial charge < -0.3 is 5.11 Å². The molecule has 0 aromatic heterocycles. The van der Waals surface area contributed by atoms with Crippen molar-refractivity contribution in [2.24, 2.45) is 0 Å². The van der Waals surface area contributed by atoms with E-state index in [1.165, 1.54) is 0 Å². The minimum Gasteiger partial charge on any atom is -0.389 e. The third-order valence-electron chi connectivity index (χ3n) is 1.97. The van der Waals surface area contributed by atoms with E-state index in [0.29, 0.717) is 0 Å². The van der Waals surface area contributed by atoms with Gasteiger partial charge in [-0.05, 0) is 25.5 Å². The summed E-state index contributed by atoms with van der Waals surface area (Å²) in [5.41, 5.74) is -0.394. The van der Waals surface area contributed by atoms with E-state index in [0.717, 1.165) is 30.8 Å². The van der Waals surface area contributed by atoms with Gasteiger partial charge >= 0.3 is 0 Å². The first kappa shape index (κ1) is 8.96. The van der Waals surface area contributed by atoms with E-state index in [1.807, 2.05) is 18.7 Å². The first-order chi connectivity index (χ1) is 5.27. The zero-order valence-electron chi connectivity index (χ0n) is 6.89. The molecule has 1 heterocycles. The van der Waals surface area contributed by atoms with Gasteiger partial charge in [0, 0.05) is 12.2 Å². The lowest BCUT2D eigenvalue weighted by atomic mass is 9.97. The molecule has 1 nitrogen and oxygen atoms in total. The first-order valence-electron chi connectivity index (χ1n) is 3.97. The topological polar surface area (TPSA) is 20.2 Å². The molecule has 1 N–H and O–H groups in total. The summed E-state index contributed by atoms with van der Waals surface area (Å²) in [6.45, 7) is 1.84. The van der Waals surface area contributed by atoms with Crippen molar-refractivity contribution in [3.8, 4) is 11.8 Å². The van der Waals surface area contributed by atoms with E-state index < -0.39 is 5.60 Å². The van der Waals surface area contributed by atoms with Crippen LogP contribution in [0.2, 0.25) is 0 Å². The number of hydrogen-bond acceptors (Lipinski definition) is 2. The highest BCUT2D eigenvalue weighted by Gasteiger charge is 2.30. The molecule has 1 fully saturated rings. The Morgan fingerprint density at radius 2 is 2.45 bits per heavy atom. The van der Waals surface area contributed by atoms with Crippen LogP contribution in [-0.2, 0) is 0 Å². The van der Waals surface area contributed by atoms with Crippen molar-refractivity contribution in [1.82, 2.24) is 0 Å². The van der Waals surface area contributed by atoms with E-state index >= 15 is 0 Å². The molecule has 11 heavy (non-hydrogen) atoms. The van der Waals surface area contributed by atoms with Crippen molar-refractivity contribution < 1.29 is 5.11 Å². The normalized spacial score (nSPS) is 29.6. The van der Waals surface area contributed by atoms with Crippen LogP contribution >= 0.6 is 11.8 Å². The highest BCUT2D eigenvalue weighted by molar-refractivity contribution is 7.99. The third kappa shape index (κ3) is 2.76. The van der Waals surface area contributed by atoms with Gasteiger partial charge in [0.1, 0.15) is 0 Å². The van der Waals surface area contributed by atoms with Crippen LogP contribution in [0.4, 0.5) is 0 Å². The molecule has 0 saturated carbocycles. The molecule has 1 saturated heterocycles. The second kappa shape index (κ2) is 4.04. The minimum absolute atomic E-state index is 0.394.